The fourth-order valence-corrected chi connectivity index (χ4v) is 3.09. The van der Waals surface area contributed by atoms with E-state index < -0.39 is 0 Å². The van der Waals surface area contributed by atoms with Gasteiger partial charge in [0.15, 0.2) is 0 Å². The first kappa shape index (κ1) is 19.8. The second-order valence-corrected chi connectivity index (χ2v) is 7.64. The summed E-state index contributed by atoms with van der Waals surface area (Å²) in [5.74, 6) is 0.408. The third kappa shape index (κ3) is 4.55. The van der Waals surface area contributed by atoms with Gasteiger partial charge in [0.25, 0.3) is 11.4 Å². The zero-order chi connectivity index (χ0) is 21.1. The van der Waals surface area contributed by atoms with Crippen LogP contribution < -0.4 is 10.9 Å². The molecule has 0 saturated heterocycles. The number of anilines is 1. The number of benzene rings is 2. The average molecular weight is 465 g/mol. The Labute approximate surface area is 180 Å². The summed E-state index contributed by atoms with van der Waals surface area (Å²) in [4.78, 5) is 29.0. The molecule has 0 spiro atoms. The highest BCUT2D eigenvalue weighted by Gasteiger charge is 2.13. The molecule has 1 N–H and O–H groups in total. The average Bonchev–Trinajstić information content (AvgIpc) is 3.22. The number of aryl methyl sites for hydroxylation is 1. The molecule has 0 saturated carbocycles. The van der Waals surface area contributed by atoms with Gasteiger partial charge in [-0.3, -0.25) is 9.59 Å². The third-order valence-electron chi connectivity index (χ3n) is 4.41. The number of nitrogens with one attached hydrogen (secondary N) is 1. The maximum absolute atomic E-state index is 12.3. The first-order chi connectivity index (χ1) is 14.5. The summed E-state index contributed by atoms with van der Waals surface area (Å²) in [5.41, 5.74) is 2.86. The lowest BCUT2D eigenvalue weighted by molar-refractivity contribution is -0.116. The summed E-state index contributed by atoms with van der Waals surface area (Å²) >= 11 is 3.35. The van der Waals surface area contributed by atoms with Gasteiger partial charge in [-0.05, 0) is 37.3 Å². The van der Waals surface area contributed by atoms with Crippen molar-refractivity contribution in [2.45, 2.75) is 13.5 Å². The molecule has 8 heteroatoms. The molecule has 2 aromatic carbocycles. The molecular weight excluding hydrogens is 448 g/mol. The molecule has 0 fully saturated rings. The van der Waals surface area contributed by atoms with Gasteiger partial charge >= 0.3 is 0 Å². The Hall–Kier alpha value is -3.52. The van der Waals surface area contributed by atoms with Gasteiger partial charge in [0.1, 0.15) is 6.54 Å². The number of rotatable bonds is 5. The number of hydrogen-bond acceptors (Lipinski definition) is 5. The minimum absolute atomic E-state index is 0.137. The van der Waals surface area contributed by atoms with Gasteiger partial charge in [0.05, 0.1) is 5.56 Å². The van der Waals surface area contributed by atoms with Crippen LogP contribution in [0, 0.1) is 6.92 Å². The predicted molar refractivity (Wildman–Crippen MR) is 117 cm³/mol. The van der Waals surface area contributed by atoms with Gasteiger partial charge in [-0.15, -0.1) is 0 Å². The van der Waals surface area contributed by atoms with Crippen molar-refractivity contribution < 1.29 is 9.32 Å². The molecule has 0 bridgehead atoms. The lowest BCUT2D eigenvalue weighted by atomic mass is 10.1. The Morgan fingerprint density at radius 1 is 1.03 bits per heavy atom. The van der Waals surface area contributed by atoms with Crippen molar-refractivity contribution in [2.24, 2.45) is 0 Å². The van der Waals surface area contributed by atoms with E-state index in [0.29, 0.717) is 17.1 Å². The normalized spacial score (nSPS) is 10.7. The minimum Gasteiger partial charge on any atom is -0.334 e. The van der Waals surface area contributed by atoms with Gasteiger partial charge in [-0.1, -0.05) is 50.9 Å². The number of carbonyl (C=O) groups excluding carboxylic acids is 1. The molecule has 4 rings (SSSR count). The van der Waals surface area contributed by atoms with Gasteiger partial charge < -0.3 is 14.4 Å². The van der Waals surface area contributed by atoms with E-state index in [1.165, 1.54) is 16.8 Å². The second-order valence-electron chi connectivity index (χ2n) is 6.73. The van der Waals surface area contributed by atoms with E-state index in [1.807, 2.05) is 43.3 Å². The number of nitrogens with zero attached hydrogens (tertiary/aromatic N) is 3. The van der Waals surface area contributed by atoms with E-state index in [4.69, 9.17) is 4.52 Å². The van der Waals surface area contributed by atoms with Crippen LogP contribution in [0.1, 0.15) is 5.56 Å². The zero-order valence-electron chi connectivity index (χ0n) is 16.0. The van der Waals surface area contributed by atoms with Crippen molar-refractivity contribution in [3.63, 3.8) is 0 Å². The maximum Gasteiger partial charge on any atom is 0.259 e. The zero-order valence-corrected chi connectivity index (χ0v) is 17.6. The van der Waals surface area contributed by atoms with Gasteiger partial charge in [0.2, 0.25) is 11.7 Å². The van der Waals surface area contributed by atoms with E-state index in [9.17, 15) is 9.59 Å². The molecule has 4 aromatic rings. The van der Waals surface area contributed by atoms with Crippen molar-refractivity contribution >= 4 is 27.5 Å². The number of hydrogen-bond donors (Lipinski definition) is 1. The van der Waals surface area contributed by atoms with Crippen molar-refractivity contribution in [3.05, 3.63) is 87.3 Å². The van der Waals surface area contributed by atoms with Gasteiger partial charge in [-0.2, -0.15) is 4.98 Å². The molecule has 0 radical (unpaired) electrons. The Morgan fingerprint density at radius 2 is 1.73 bits per heavy atom. The standard InChI is InChI=1S/C22H17BrN4O3/c1-14-2-4-15(5-3-14)21-25-22(30-26-21)16-6-11-20(29)27(12-16)13-19(28)24-18-9-7-17(23)8-10-18/h2-12H,13H2,1H3,(H,24,28). The van der Waals surface area contributed by atoms with Crippen LogP contribution in [-0.4, -0.2) is 20.6 Å². The van der Waals surface area contributed by atoms with Crippen molar-refractivity contribution in [3.8, 4) is 22.8 Å². The Morgan fingerprint density at radius 3 is 2.47 bits per heavy atom. The number of pyridine rings is 1. The highest BCUT2D eigenvalue weighted by Crippen LogP contribution is 2.22. The van der Waals surface area contributed by atoms with Crippen molar-refractivity contribution in [2.75, 3.05) is 5.32 Å². The van der Waals surface area contributed by atoms with E-state index in [-0.39, 0.29) is 23.9 Å². The van der Waals surface area contributed by atoms with Crippen LogP contribution >= 0.6 is 15.9 Å². The first-order valence-electron chi connectivity index (χ1n) is 9.15. The first-order valence-corrected chi connectivity index (χ1v) is 9.94. The minimum atomic E-state index is -0.317. The molecule has 1 amide bonds. The SMILES string of the molecule is Cc1ccc(-c2noc(-c3ccc(=O)n(CC(=O)Nc4ccc(Br)cc4)c3)n2)cc1. The number of amides is 1. The molecule has 7 nitrogen and oxygen atoms in total. The highest BCUT2D eigenvalue weighted by atomic mass is 79.9. The van der Waals surface area contributed by atoms with Crippen LogP contribution in [0.25, 0.3) is 22.8 Å². The van der Waals surface area contributed by atoms with Crippen LogP contribution in [0.2, 0.25) is 0 Å². The highest BCUT2D eigenvalue weighted by molar-refractivity contribution is 9.10. The summed E-state index contributed by atoms with van der Waals surface area (Å²) in [6.07, 6.45) is 1.54. The number of carbonyl (C=O) groups is 1. The van der Waals surface area contributed by atoms with Crippen LogP contribution in [0.15, 0.2) is 80.7 Å². The summed E-state index contributed by atoms with van der Waals surface area (Å²) < 4.78 is 7.58. The molecule has 0 unspecified atom stereocenters. The molecule has 2 heterocycles. The summed E-state index contributed by atoms with van der Waals surface area (Å²) in [6.45, 7) is 1.86. The van der Waals surface area contributed by atoms with Crippen LogP contribution in [0.4, 0.5) is 5.69 Å². The second kappa shape index (κ2) is 8.46. The Kier molecular flexibility index (Phi) is 5.58. The summed E-state index contributed by atoms with van der Waals surface area (Å²) in [7, 11) is 0. The summed E-state index contributed by atoms with van der Waals surface area (Å²) in [6, 6.07) is 17.9. The van der Waals surface area contributed by atoms with E-state index in [1.54, 1.807) is 18.2 Å². The monoisotopic (exact) mass is 464 g/mol. The van der Waals surface area contributed by atoms with Crippen LogP contribution in [0.5, 0.6) is 0 Å². The Bertz CT molecular complexity index is 1240. The summed E-state index contributed by atoms with van der Waals surface area (Å²) in [5, 5.41) is 6.78. The molecule has 30 heavy (non-hydrogen) atoms. The maximum atomic E-state index is 12.3. The quantitative estimate of drug-likeness (QED) is 0.476. The molecule has 0 aliphatic carbocycles. The van der Waals surface area contributed by atoms with E-state index in [0.717, 1.165) is 15.6 Å². The van der Waals surface area contributed by atoms with Crippen molar-refractivity contribution in [1.29, 1.82) is 0 Å². The van der Waals surface area contributed by atoms with E-state index in [2.05, 4.69) is 31.4 Å². The van der Waals surface area contributed by atoms with Gasteiger partial charge in [0, 0.05) is 28.0 Å². The van der Waals surface area contributed by atoms with Gasteiger partial charge in [-0.25, -0.2) is 0 Å². The molecule has 0 aliphatic heterocycles. The van der Waals surface area contributed by atoms with Crippen LogP contribution in [0.3, 0.4) is 0 Å². The number of halogens is 1. The molecule has 0 aliphatic rings. The lowest BCUT2D eigenvalue weighted by Gasteiger charge is -2.08. The van der Waals surface area contributed by atoms with Crippen LogP contribution in [-0.2, 0) is 11.3 Å². The van der Waals surface area contributed by atoms with Crippen molar-refractivity contribution in [1.82, 2.24) is 14.7 Å². The Balaban J connectivity index is 1.53. The molecule has 0 atom stereocenters. The largest absolute Gasteiger partial charge is 0.334 e. The molecule has 150 valence electrons. The fourth-order valence-electron chi connectivity index (χ4n) is 2.83. The molecule has 2 aromatic heterocycles. The van der Waals surface area contributed by atoms with E-state index >= 15 is 0 Å². The fraction of sp³-hybridized carbons (Fsp3) is 0.0909. The molecular formula is C22H17BrN4O3. The predicted octanol–water partition coefficient (Wildman–Crippen LogP) is 4.27. The third-order valence-corrected chi connectivity index (χ3v) is 4.94. The topological polar surface area (TPSA) is 90.0 Å². The smallest absolute Gasteiger partial charge is 0.259 e. The lowest BCUT2D eigenvalue weighted by Crippen LogP contribution is -2.26. The number of aromatic nitrogens is 3.